The van der Waals surface area contributed by atoms with Crippen LogP contribution in [0.2, 0.25) is 0 Å². The lowest BCUT2D eigenvalue weighted by Crippen LogP contribution is -2.33. The van der Waals surface area contributed by atoms with Gasteiger partial charge in [0.05, 0.1) is 11.4 Å². The predicted molar refractivity (Wildman–Crippen MR) is 209 cm³/mol. The largest absolute Gasteiger partial charge is 0.456 e. The summed E-state index contributed by atoms with van der Waals surface area (Å²) in [5, 5.41) is 8.67. The van der Waals surface area contributed by atoms with Crippen molar-refractivity contribution in [2.24, 2.45) is 5.92 Å². The van der Waals surface area contributed by atoms with Crippen molar-refractivity contribution in [2.45, 2.75) is 75.0 Å². The Bertz CT molecular complexity index is 2660. The summed E-state index contributed by atoms with van der Waals surface area (Å²) in [6.45, 7) is 13.7. The number of amides is 2. The summed E-state index contributed by atoms with van der Waals surface area (Å²) in [6.07, 6.45) is 4.02. The Morgan fingerprint density at radius 1 is 0.782 bits per heavy atom. The zero-order chi connectivity index (χ0) is 40.6. The van der Waals surface area contributed by atoms with E-state index in [4.69, 9.17) is 4.74 Å². The second-order valence-corrected chi connectivity index (χ2v) is 17.6. The minimum atomic E-state index is -5.06. The van der Waals surface area contributed by atoms with Crippen LogP contribution in [0.15, 0.2) is 69.3 Å². The number of carbonyl (C=O) groups is 1. The van der Waals surface area contributed by atoms with Crippen LogP contribution >= 0.6 is 0 Å². The molecule has 0 saturated heterocycles. The van der Waals surface area contributed by atoms with Crippen molar-refractivity contribution >= 4 is 65.6 Å². The number of benzene rings is 4. The Hall–Kier alpha value is -4.78. The predicted octanol–water partition coefficient (Wildman–Crippen LogP) is 6.20. The number of hydrogen-bond acceptors (Lipinski definition) is 9. The third kappa shape index (κ3) is 8.87. The minimum absolute atomic E-state index is 0.0456. The van der Waals surface area contributed by atoms with E-state index in [0.717, 1.165) is 49.4 Å². The fourth-order valence-corrected chi connectivity index (χ4v) is 8.78. The number of carbonyl (C=O) groups excluding carboxylic acids is 1. The summed E-state index contributed by atoms with van der Waals surface area (Å²) >= 11 is 0. The molecule has 4 aromatic carbocycles. The molecule has 17 heteroatoms. The van der Waals surface area contributed by atoms with Gasteiger partial charge in [-0.3, -0.25) is 13.7 Å². The van der Waals surface area contributed by atoms with Crippen molar-refractivity contribution in [2.75, 3.05) is 17.2 Å². The van der Waals surface area contributed by atoms with Gasteiger partial charge in [0.2, 0.25) is 0 Å². The number of aryl methyl sites for hydroxylation is 2. The molecule has 1 unspecified atom stereocenters. The van der Waals surface area contributed by atoms with Crippen LogP contribution in [0.1, 0.15) is 67.3 Å². The number of nitrogens with one attached hydrogen (secondary N) is 3. The molecule has 0 bridgehead atoms. The molecule has 294 valence electrons. The second kappa shape index (κ2) is 15.8. The normalized spacial score (nSPS) is 13.3. The molecule has 55 heavy (non-hydrogen) atoms. The lowest BCUT2D eigenvalue weighted by Gasteiger charge is -2.25. The monoisotopic (exact) mass is 813 g/mol. The summed E-state index contributed by atoms with van der Waals surface area (Å²) in [6, 6.07) is 11.0. The Labute approximate surface area is 320 Å². The average Bonchev–Trinajstić information content (AvgIpc) is 3.09. The molecule has 0 saturated carbocycles. The van der Waals surface area contributed by atoms with Gasteiger partial charge in [-0.1, -0.05) is 64.0 Å². The van der Waals surface area contributed by atoms with Crippen LogP contribution < -0.4 is 31.1 Å². The molecule has 5 rings (SSSR count). The third-order valence-corrected chi connectivity index (χ3v) is 12.3. The molecular weight excluding hydrogens is 771 g/mol. The zero-order valence-corrected chi connectivity index (χ0v) is 33.3. The zero-order valence-electron chi connectivity index (χ0n) is 30.8. The van der Waals surface area contributed by atoms with Crippen molar-refractivity contribution in [1.29, 1.82) is 0 Å². The van der Waals surface area contributed by atoms with Crippen molar-refractivity contribution < 1.29 is 48.4 Å². The molecule has 0 fully saturated rings. The van der Waals surface area contributed by atoms with Crippen molar-refractivity contribution in [3.8, 4) is 11.5 Å². The van der Waals surface area contributed by atoms with Gasteiger partial charge in [-0.2, -0.15) is 25.3 Å². The molecule has 1 aliphatic heterocycles. The lowest BCUT2D eigenvalue weighted by atomic mass is 9.92. The highest BCUT2D eigenvalue weighted by molar-refractivity contribution is 7.86. The quantitative estimate of drug-likeness (QED) is 0.0732. The molecule has 0 aromatic heterocycles. The maximum Gasteiger partial charge on any atom is 0.319 e. The van der Waals surface area contributed by atoms with Gasteiger partial charge in [0.1, 0.15) is 26.2 Å². The number of hydrogen-bond donors (Lipinski definition) is 6. The Morgan fingerprint density at radius 3 is 2.04 bits per heavy atom. The van der Waals surface area contributed by atoms with Gasteiger partial charge in [0.15, 0.2) is 0 Å². The van der Waals surface area contributed by atoms with Crippen molar-refractivity contribution in [3.63, 3.8) is 0 Å². The van der Waals surface area contributed by atoms with E-state index in [9.17, 15) is 43.7 Å². The average molecular weight is 814 g/mol. The van der Waals surface area contributed by atoms with E-state index in [1.54, 1.807) is 19.9 Å². The molecule has 1 atom stereocenters. The van der Waals surface area contributed by atoms with E-state index in [0.29, 0.717) is 35.0 Å². The van der Waals surface area contributed by atoms with E-state index in [-0.39, 0.29) is 44.3 Å². The van der Waals surface area contributed by atoms with Crippen molar-refractivity contribution in [1.82, 2.24) is 5.32 Å². The molecule has 6 N–H and O–H groups in total. The number of fused-ring (bicyclic) bond motifs is 2. The highest BCUT2D eigenvalue weighted by atomic mass is 32.2. The van der Waals surface area contributed by atoms with Crippen LogP contribution in [0.5, 0.6) is 11.5 Å². The number of urea groups is 1. The van der Waals surface area contributed by atoms with E-state index in [2.05, 4.69) is 36.4 Å². The molecule has 1 heterocycles. The standard InChI is InChI=1S/C38H43N3O11S3/c1-7-9-12-25(8-2)20-39-38(42)41-37-23(5)15-22(4)36(24(37)6)40-29-19-31-28(18-34(29)55(49,50)51)35(26-13-10-11-14-32(26)53(43,44)45)27-17-33(54(46,47)48)21(3)16-30(27)52-31/h10-11,13-19,25,40H,3,7-9,12,20H2,1-2,4-6H3,(H2,39,41,42)(H,43,44,45)(H,46,47,48)(H,49,50,51). The fraction of sp³-hybridized carbons (Fsp3) is 0.289. The molecule has 2 amide bonds. The number of rotatable bonds is 13. The van der Waals surface area contributed by atoms with Crippen LogP contribution in [-0.4, -0.2) is 51.5 Å². The van der Waals surface area contributed by atoms with Crippen LogP contribution in [0.4, 0.5) is 21.9 Å². The first-order valence-corrected chi connectivity index (χ1v) is 21.7. The highest BCUT2D eigenvalue weighted by Crippen LogP contribution is 2.44. The SMILES string of the molecule is C=c1cc2c(cc1S(=O)(=O)O)=C(c1ccccc1S(=O)(=O)O)c1cc(S(=O)(=O)O)c(Nc3c(C)cc(C)c(NC(=O)NCC(CC)CCCC)c3C)cc1O2. The van der Waals surface area contributed by atoms with Crippen LogP contribution in [0.3, 0.4) is 0 Å². The second-order valence-electron chi connectivity index (χ2n) is 13.5. The molecule has 0 spiro atoms. The van der Waals surface area contributed by atoms with Gasteiger partial charge in [0, 0.05) is 40.2 Å². The van der Waals surface area contributed by atoms with Crippen LogP contribution in [-0.2, 0) is 30.4 Å². The third-order valence-electron chi connectivity index (χ3n) is 9.56. The topological polar surface area (TPSA) is 225 Å². The highest BCUT2D eigenvalue weighted by Gasteiger charge is 2.30. The Balaban J connectivity index is 1.69. The van der Waals surface area contributed by atoms with Crippen molar-refractivity contribution in [3.05, 3.63) is 92.9 Å². The van der Waals surface area contributed by atoms with Gasteiger partial charge in [-0.25, -0.2) is 4.79 Å². The summed E-state index contributed by atoms with van der Waals surface area (Å²) in [7, 11) is -14.8. The van der Waals surface area contributed by atoms with Gasteiger partial charge < -0.3 is 20.7 Å². The first-order chi connectivity index (χ1) is 25.6. The van der Waals surface area contributed by atoms with Crippen LogP contribution in [0.25, 0.3) is 12.2 Å². The molecule has 0 aliphatic carbocycles. The molecule has 0 radical (unpaired) electrons. The first kappa shape index (κ1) is 41.4. The van der Waals surface area contributed by atoms with Gasteiger partial charge >= 0.3 is 6.03 Å². The number of unbranched alkanes of at least 4 members (excludes halogenated alkanes) is 1. The minimum Gasteiger partial charge on any atom is -0.456 e. The maximum atomic E-state index is 13.1. The van der Waals surface area contributed by atoms with E-state index < -0.39 is 51.1 Å². The fourth-order valence-electron chi connectivity index (χ4n) is 6.77. The van der Waals surface area contributed by atoms with E-state index in [1.807, 2.05) is 6.92 Å². The van der Waals surface area contributed by atoms with Crippen LogP contribution in [0, 0.1) is 26.7 Å². The van der Waals surface area contributed by atoms with Gasteiger partial charge in [-0.15, -0.1) is 0 Å². The summed E-state index contributed by atoms with van der Waals surface area (Å²) in [5.74, 6) is 0.218. The van der Waals surface area contributed by atoms with Gasteiger partial charge in [0.25, 0.3) is 30.4 Å². The Kier molecular flexibility index (Phi) is 11.9. The number of anilines is 3. The lowest BCUT2D eigenvalue weighted by molar-refractivity contribution is 0.249. The summed E-state index contributed by atoms with van der Waals surface area (Å²) < 4.78 is 113. The smallest absolute Gasteiger partial charge is 0.319 e. The summed E-state index contributed by atoms with van der Waals surface area (Å²) in [5.41, 5.74) is 2.25. The number of ether oxygens (including phenoxy) is 1. The maximum absolute atomic E-state index is 13.1. The molecular formula is C38H43N3O11S3. The molecule has 1 aliphatic rings. The molecule has 4 aromatic rings. The van der Waals surface area contributed by atoms with Gasteiger partial charge in [-0.05, 0) is 79.3 Å². The summed E-state index contributed by atoms with van der Waals surface area (Å²) in [4.78, 5) is 11.1. The molecule has 14 nitrogen and oxygen atoms in total. The first-order valence-electron chi connectivity index (χ1n) is 17.3. The van der Waals surface area contributed by atoms with E-state index >= 15 is 0 Å². The van der Waals surface area contributed by atoms with E-state index in [1.165, 1.54) is 30.3 Å². The Morgan fingerprint density at radius 2 is 1.42 bits per heavy atom.